The molecule has 0 aromatic heterocycles. The second-order valence-electron chi connectivity index (χ2n) is 4.44. The standard InChI is InChI=1S/C16H12BrN3/c1-11-7-13(14(9-18)10-19)8-12(2)20(11)16-5-3-15(17)4-6-16/h3-8H,1-2H3. The first-order chi connectivity index (χ1) is 9.56. The van der Waals surface area contributed by atoms with Crippen molar-refractivity contribution in [3.05, 3.63) is 63.4 Å². The number of benzene rings is 1. The summed E-state index contributed by atoms with van der Waals surface area (Å²) in [5.74, 6) is 0. The molecular weight excluding hydrogens is 314 g/mol. The summed E-state index contributed by atoms with van der Waals surface area (Å²) < 4.78 is 1.03. The molecule has 20 heavy (non-hydrogen) atoms. The van der Waals surface area contributed by atoms with E-state index in [1.165, 1.54) is 0 Å². The number of rotatable bonds is 1. The lowest BCUT2D eigenvalue weighted by molar-refractivity contribution is 1.04. The van der Waals surface area contributed by atoms with E-state index in [1.807, 2.05) is 62.4 Å². The zero-order valence-electron chi connectivity index (χ0n) is 11.2. The number of hydrogen-bond donors (Lipinski definition) is 0. The molecule has 3 nitrogen and oxygen atoms in total. The second-order valence-corrected chi connectivity index (χ2v) is 5.35. The van der Waals surface area contributed by atoms with Crippen LogP contribution in [-0.2, 0) is 0 Å². The molecule has 1 aliphatic heterocycles. The summed E-state index contributed by atoms with van der Waals surface area (Å²) in [7, 11) is 0. The van der Waals surface area contributed by atoms with Crippen LogP contribution in [0, 0.1) is 22.7 Å². The summed E-state index contributed by atoms with van der Waals surface area (Å²) >= 11 is 3.42. The largest absolute Gasteiger partial charge is 0.318 e. The first kappa shape index (κ1) is 14.1. The molecule has 0 bridgehead atoms. The maximum atomic E-state index is 8.96. The predicted molar refractivity (Wildman–Crippen MR) is 82.4 cm³/mol. The fourth-order valence-corrected chi connectivity index (χ4v) is 2.46. The SMILES string of the molecule is CC1=CC(=C(C#N)C#N)C=C(C)N1c1ccc(Br)cc1. The van der Waals surface area contributed by atoms with Crippen LogP contribution in [0.25, 0.3) is 0 Å². The number of halogens is 1. The Bertz CT molecular complexity index is 672. The highest BCUT2D eigenvalue weighted by Crippen LogP contribution is 2.31. The molecule has 0 saturated carbocycles. The van der Waals surface area contributed by atoms with E-state index >= 15 is 0 Å². The molecule has 1 aromatic carbocycles. The third-order valence-corrected chi connectivity index (χ3v) is 3.56. The molecular formula is C16H12BrN3. The van der Waals surface area contributed by atoms with Gasteiger partial charge in [0.15, 0.2) is 0 Å². The topological polar surface area (TPSA) is 50.8 Å². The Morgan fingerprint density at radius 1 is 1.00 bits per heavy atom. The number of allylic oxidation sites excluding steroid dienone is 6. The van der Waals surface area contributed by atoms with Crippen molar-refractivity contribution < 1.29 is 0 Å². The highest BCUT2D eigenvalue weighted by molar-refractivity contribution is 9.10. The maximum Gasteiger partial charge on any atom is 0.137 e. The summed E-state index contributed by atoms with van der Waals surface area (Å²) in [6, 6.07) is 11.9. The van der Waals surface area contributed by atoms with E-state index in [1.54, 1.807) is 0 Å². The van der Waals surface area contributed by atoms with Gasteiger partial charge in [-0.15, -0.1) is 0 Å². The van der Waals surface area contributed by atoms with Crippen LogP contribution in [0.5, 0.6) is 0 Å². The lowest BCUT2D eigenvalue weighted by Gasteiger charge is -2.29. The van der Waals surface area contributed by atoms with Gasteiger partial charge in [0.2, 0.25) is 0 Å². The van der Waals surface area contributed by atoms with E-state index < -0.39 is 0 Å². The van der Waals surface area contributed by atoms with E-state index in [-0.39, 0.29) is 5.57 Å². The van der Waals surface area contributed by atoms with Crippen LogP contribution in [0.4, 0.5) is 5.69 Å². The van der Waals surface area contributed by atoms with Gasteiger partial charge < -0.3 is 4.90 Å². The van der Waals surface area contributed by atoms with E-state index in [4.69, 9.17) is 10.5 Å². The van der Waals surface area contributed by atoms with Crippen molar-refractivity contribution in [2.75, 3.05) is 4.90 Å². The number of nitrogens with zero attached hydrogens (tertiary/aromatic N) is 3. The van der Waals surface area contributed by atoms with Gasteiger partial charge in [0.1, 0.15) is 17.7 Å². The summed E-state index contributed by atoms with van der Waals surface area (Å²) in [6.07, 6.45) is 3.72. The smallest absolute Gasteiger partial charge is 0.137 e. The van der Waals surface area contributed by atoms with Crippen molar-refractivity contribution in [1.29, 1.82) is 10.5 Å². The molecule has 1 heterocycles. The van der Waals surface area contributed by atoms with Crippen LogP contribution in [0.3, 0.4) is 0 Å². The summed E-state index contributed by atoms with van der Waals surface area (Å²) in [5, 5.41) is 17.9. The molecule has 0 aliphatic carbocycles. The van der Waals surface area contributed by atoms with Gasteiger partial charge in [0.05, 0.1) is 0 Å². The van der Waals surface area contributed by atoms with Crippen LogP contribution >= 0.6 is 15.9 Å². The van der Waals surface area contributed by atoms with Crippen LogP contribution in [-0.4, -0.2) is 0 Å². The Balaban J connectivity index is 2.48. The Morgan fingerprint density at radius 2 is 1.50 bits per heavy atom. The van der Waals surface area contributed by atoms with Crippen molar-refractivity contribution in [2.45, 2.75) is 13.8 Å². The van der Waals surface area contributed by atoms with E-state index in [0.717, 1.165) is 21.6 Å². The molecule has 1 aliphatic rings. The molecule has 0 N–H and O–H groups in total. The fraction of sp³-hybridized carbons (Fsp3) is 0.125. The normalized spacial score (nSPS) is 14.1. The Kier molecular flexibility index (Phi) is 4.08. The predicted octanol–water partition coefficient (Wildman–Crippen LogP) is 4.42. The molecule has 0 saturated heterocycles. The van der Waals surface area contributed by atoms with E-state index in [2.05, 4.69) is 20.8 Å². The molecule has 98 valence electrons. The zero-order chi connectivity index (χ0) is 14.7. The number of nitriles is 2. The van der Waals surface area contributed by atoms with Gasteiger partial charge in [-0.3, -0.25) is 0 Å². The second kappa shape index (κ2) is 5.77. The van der Waals surface area contributed by atoms with Gasteiger partial charge in [-0.25, -0.2) is 0 Å². The molecule has 0 atom stereocenters. The highest BCUT2D eigenvalue weighted by atomic mass is 79.9. The minimum Gasteiger partial charge on any atom is -0.318 e. The van der Waals surface area contributed by atoms with E-state index in [9.17, 15) is 0 Å². The minimum absolute atomic E-state index is 0.138. The van der Waals surface area contributed by atoms with Gasteiger partial charge in [-0.05, 0) is 50.3 Å². The summed E-state index contributed by atoms with van der Waals surface area (Å²) in [6.45, 7) is 3.93. The first-order valence-corrected chi connectivity index (χ1v) is 6.83. The van der Waals surface area contributed by atoms with Crippen molar-refractivity contribution in [1.82, 2.24) is 0 Å². The van der Waals surface area contributed by atoms with Crippen molar-refractivity contribution in [2.24, 2.45) is 0 Å². The average Bonchev–Trinajstić information content (AvgIpc) is 2.41. The monoisotopic (exact) mass is 325 g/mol. The lowest BCUT2D eigenvalue weighted by Crippen LogP contribution is -2.21. The van der Waals surface area contributed by atoms with Crippen LogP contribution in [0.15, 0.2) is 63.4 Å². The van der Waals surface area contributed by atoms with Crippen molar-refractivity contribution in [3.63, 3.8) is 0 Å². The van der Waals surface area contributed by atoms with Crippen molar-refractivity contribution in [3.8, 4) is 12.1 Å². The molecule has 0 spiro atoms. The number of hydrogen-bond acceptors (Lipinski definition) is 3. The van der Waals surface area contributed by atoms with Gasteiger partial charge in [-0.2, -0.15) is 10.5 Å². The molecule has 0 radical (unpaired) electrons. The fourth-order valence-electron chi connectivity index (χ4n) is 2.19. The molecule has 0 unspecified atom stereocenters. The Labute approximate surface area is 126 Å². The molecule has 4 heteroatoms. The average molecular weight is 326 g/mol. The zero-order valence-corrected chi connectivity index (χ0v) is 12.8. The van der Waals surface area contributed by atoms with E-state index in [0.29, 0.717) is 5.57 Å². The van der Waals surface area contributed by atoms with Gasteiger partial charge >= 0.3 is 0 Å². The van der Waals surface area contributed by atoms with Gasteiger partial charge in [0, 0.05) is 27.1 Å². The third kappa shape index (κ3) is 2.66. The third-order valence-electron chi connectivity index (χ3n) is 3.03. The Morgan fingerprint density at radius 3 is 1.95 bits per heavy atom. The van der Waals surface area contributed by atoms with Crippen LogP contribution in [0.1, 0.15) is 13.8 Å². The van der Waals surface area contributed by atoms with Gasteiger partial charge in [0.25, 0.3) is 0 Å². The van der Waals surface area contributed by atoms with Crippen LogP contribution < -0.4 is 4.90 Å². The molecule has 0 fully saturated rings. The van der Waals surface area contributed by atoms with Gasteiger partial charge in [-0.1, -0.05) is 15.9 Å². The first-order valence-electron chi connectivity index (χ1n) is 6.03. The quantitative estimate of drug-likeness (QED) is 0.718. The molecule has 0 amide bonds. The van der Waals surface area contributed by atoms with Crippen molar-refractivity contribution >= 4 is 21.6 Å². The highest BCUT2D eigenvalue weighted by Gasteiger charge is 2.17. The Hall–Kier alpha value is -2.30. The summed E-state index contributed by atoms with van der Waals surface area (Å²) in [5.41, 5.74) is 3.80. The maximum absolute atomic E-state index is 8.96. The van der Waals surface area contributed by atoms with Crippen LogP contribution in [0.2, 0.25) is 0 Å². The number of anilines is 1. The minimum atomic E-state index is 0.138. The summed E-state index contributed by atoms with van der Waals surface area (Å²) in [4.78, 5) is 2.09. The molecule has 1 aromatic rings. The molecule has 2 rings (SSSR count). The lowest BCUT2D eigenvalue weighted by atomic mass is 10.0.